The summed E-state index contributed by atoms with van der Waals surface area (Å²) in [6.45, 7) is 2.29. The fourth-order valence-corrected chi connectivity index (χ4v) is 2.13. The molecule has 0 aromatic heterocycles. The van der Waals surface area contributed by atoms with Crippen LogP contribution in [0.5, 0.6) is 0 Å². The molecule has 0 fully saturated rings. The number of carbonyl (C=O) groups is 1. The molecule has 25 heavy (non-hydrogen) atoms. The van der Waals surface area contributed by atoms with Crippen molar-refractivity contribution in [3.05, 3.63) is 73.8 Å². The average Bonchev–Trinajstić information content (AvgIpc) is 2.59. The van der Waals surface area contributed by atoms with E-state index in [9.17, 15) is 25.0 Å². The van der Waals surface area contributed by atoms with E-state index in [2.05, 4.69) is 10.6 Å². The minimum Gasteiger partial charge on any atom is -0.383 e. The van der Waals surface area contributed by atoms with Crippen molar-refractivity contribution in [3.8, 4) is 0 Å². The van der Waals surface area contributed by atoms with Crippen molar-refractivity contribution in [2.75, 3.05) is 18.4 Å². The van der Waals surface area contributed by atoms with Gasteiger partial charge in [0.25, 0.3) is 17.3 Å². The van der Waals surface area contributed by atoms with Crippen LogP contribution in [-0.2, 0) is 0 Å². The van der Waals surface area contributed by atoms with Gasteiger partial charge in [-0.1, -0.05) is 6.07 Å². The number of nitro benzene ring substituents is 2. The summed E-state index contributed by atoms with van der Waals surface area (Å²) in [5.41, 5.74) is 1.29. The number of aryl methyl sites for hydroxylation is 1. The lowest BCUT2D eigenvalue weighted by molar-refractivity contribution is -0.385. The molecule has 0 aliphatic carbocycles. The molecule has 130 valence electrons. The van der Waals surface area contributed by atoms with Crippen molar-refractivity contribution < 1.29 is 14.6 Å². The highest BCUT2D eigenvalue weighted by Gasteiger charge is 2.14. The highest BCUT2D eigenvalue weighted by atomic mass is 16.6. The SMILES string of the molecule is Cc1ccc(C(=O)NCCNc2ccc([N+](=O)[O-])cc2)cc1[N+](=O)[O-]. The number of anilines is 1. The predicted molar refractivity (Wildman–Crippen MR) is 91.8 cm³/mol. The molecule has 0 atom stereocenters. The van der Waals surface area contributed by atoms with Gasteiger partial charge in [-0.05, 0) is 25.1 Å². The summed E-state index contributed by atoms with van der Waals surface area (Å²) in [5, 5.41) is 27.1. The zero-order valence-electron chi connectivity index (χ0n) is 13.4. The van der Waals surface area contributed by atoms with Crippen molar-refractivity contribution in [1.82, 2.24) is 5.32 Å². The topological polar surface area (TPSA) is 127 Å². The molecule has 0 unspecified atom stereocenters. The second-order valence-corrected chi connectivity index (χ2v) is 5.25. The molecule has 0 spiro atoms. The van der Waals surface area contributed by atoms with Gasteiger partial charge in [-0.2, -0.15) is 0 Å². The third-order valence-electron chi connectivity index (χ3n) is 3.49. The van der Waals surface area contributed by atoms with E-state index in [1.54, 1.807) is 19.1 Å². The van der Waals surface area contributed by atoms with E-state index in [0.717, 1.165) is 0 Å². The van der Waals surface area contributed by atoms with Crippen LogP contribution in [0.1, 0.15) is 15.9 Å². The molecule has 0 saturated heterocycles. The van der Waals surface area contributed by atoms with E-state index < -0.39 is 15.8 Å². The monoisotopic (exact) mass is 344 g/mol. The van der Waals surface area contributed by atoms with Crippen LogP contribution in [0.25, 0.3) is 0 Å². The smallest absolute Gasteiger partial charge is 0.273 e. The van der Waals surface area contributed by atoms with Crippen LogP contribution in [-0.4, -0.2) is 28.8 Å². The molecular formula is C16H16N4O5. The molecular weight excluding hydrogens is 328 g/mol. The van der Waals surface area contributed by atoms with Gasteiger partial charge in [-0.3, -0.25) is 25.0 Å². The third kappa shape index (κ3) is 4.74. The Morgan fingerprint density at radius 2 is 1.68 bits per heavy atom. The van der Waals surface area contributed by atoms with E-state index in [-0.39, 0.29) is 23.5 Å². The minimum absolute atomic E-state index is 0.000168. The largest absolute Gasteiger partial charge is 0.383 e. The predicted octanol–water partition coefficient (Wildman–Crippen LogP) is 2.65. The molecule has 0 saturated carbocycles. The third-order valence-corrected chi connectivity index (χ3v) is 3.49. The van der Waals surface area contributed by atoms with E-state index >= 15 is 0 Å². The summed E-state index contributed by atoms with van der Waals surface area (Å²) >= 11 is 0. The summed E-state index contributed by atoms with van der Waals surface area (Å²) in [4.78, 5) is 32.5. The van der Waals surface area contributed by atoms with Crippen LogP contribution in [0.2, 0.25) is 0 Å². The number of carbonyl (C=O) groups excluding carboxylic acids is 1. The molecule has 9 nitrogen and oxygen atoms in total. The number of nitrogens with one attached hydrogen (secondary N) is 2. The van der Waals surface area contributed by atoms with E-state index in [4.69, 9.17) is 0 Å². The number of amides is 1. The van der Waals surface area contributed by atoms with Crippen LogP contribution in [0.3, 0.4) is 0 Å². The number of hydrogen-bond donors (Lipinski definition) is 2. The molecule has 1 amide bonds. The van der Waals surface area contributed by atoms with Gasteiger partial charge in [0.15, 0.2) is 0 Å². The molecule has 2 rings (SSSR count). The Bertz CT molecular complexity index is 805. The zero-order chi connectivity index (χ0) is 18.4. The quantitative estimate of drug-likeness (QED) is 0.451. The van der Waals surface area contributed by atoms with Crippen LogP contribution >= 0.6 is 0 Å². The van der Waals surface area contributed by atoms with Gasteiger partial charge in [-0.25, -0.2) is 0 Å². The number of benzene rings is 2. The Kier molecular flexibility index (Phi) is 5.62. The molecule has 2 N–H and O–H groups in total. The Balaban J connectivity index is 1.85. The summed E-state index contributed by atoms with van der Waals surface area (Å²) in [6, 6.07) is 10.2. The van der Waals surface area contributed by atoms with Crippen molar-refractivity contribution in [1.29, 1.82) is 0 Å². The van der Waals surface area contributed by atoms with Gasteiger partial charge in [-0.15, -0.1) is 0 Å². The number of non-ortho nitro benzene ring substituents is 1. The van der Waals surface area contributed by atoms with Crippen LogP contribution < -0.4 is 10.6 Å². The summed E-state index contributed by atoms with van der Waals surface area (Å²) in [6.07, 6.45) is 0. The first-order valence-electron chi connectivity index (χ1n) is 7.40. The van der Waals surface area contributed by atoms with Gasteiger partial charge in [0.2, 0.25) is 0 Å². The molecule has 2 aromatic carbocycles. The Hall–Kier alpha value is -3.49. The first kappa shape index (κ1) is 17.9. The van der Waals surface area contributed by atoms with Crippen molar-refractivity contribution in [3.63, 3.8) is 0 Å². The maximum atomic E-state index is 12.0. The Morgan fingerprint density at radius 3 is 2.28 bits per heavy atom. The second kappa shape index (κ2) is 7.86. The zero-order valence-corrected chi connectivity index (χ0v) is 13.4. The highest BCUT2D eigenvalue weighted by Crippen LogP contribution is 2.19. The molecule has 2 aromatic rings. The lowest BCUT2D eigenvalue weighted by Gasteiger charge is -2.08. The molecule has 0 radical (unpaired) electrons. The summed E-state index contributed by atoms with van der Waals surface area (Å²) in [5.74, 6) is -0.409. The number of rotatable bonds is 7. The van der Waals surface area contributed by atoms with Gasteiger partial charge in [0.05, 0.1) is 9.85 Å². The molecule has 0 heterocycles. The van der Waals surface area contributed by atoms with E-state index in [1.807, 2.05) is 0 Å². The maximum Gasteiger partial charge on any atom is 0.273 e. The lowest BCUT2D eigenvalue weighted by atomic mass is 10.1. The van der Waals surface area contributed by atoms with E-state index in [1.165, 1.54) is 30.3 Å². The number of nitro groups is 2. The fourth-order valence-electron chi connectivity index (χ4n) is 2.13. The standard InChI is InChI=1S/C16H16N4O5/c1-11-2-3-12(10-15(11)20(24)25)16(21)18-9-8-17-13-4-6-14(7-5-13)19(22)23/h2-7,10,17H,8-9H2,1H3,(H,18,21). The molecule has 0 aliphatic rings. The van der Waals surface area contributed by atoms with Gasteiger partial charge in [0, 0.05) is 48.1 Å². The lowest BCUT2D eigenvalue weighted by Crippen LogP contribution is -2.28. The normalized spacial score (nSPS) is 10.1. The first-order chi connectivity index (χ1) is 11.9. The summed E-state index contributed by atoms with van der Waals surface area (Å²) in [7, 11) is 0. The Labute approximate surface area is 143 Å². The van der Waals surface area contributed by atoms with Crippen molar-refractivity contribution in [2.45, 2.75) is 6.92 Å². The Morgan fingerprint density at radius 1 is 1.00 bits per heavy atom. The second-order valence-electron chi connectivity index (χ2n) is 5.25. The molecule has 0 aliphatic heterocycles. The van der Waals surface area contributed by atoms with Gasteiger partial charge >= 0.3 is 0 Å². The van der Waals surface area contributed by atoms with Gasteiger partial charge in [0.1, 0.15) is 0 Å². The van der Waals surface area contributed by atoms with Crippen LogP contribution in [0, 0.1) is 27.2 Å². The number of hydrogen-bond acceptors (Lipinski definition) is 6. The van der Waals surface area contributed by atoms with Crippen molar-refractivity contribution >= 4 is 23.0 Å². The van der Waals surface area contributed by atoms with Crippen molar-refractivity contribution in [2.24, 2.45) is 0 Å². The molecule has 0 bridgehead atoms. The highest BCUT2D eigenvalue weighted by molar-refractivity contribution is 5.95. The average molecular weight is 344 g/mol. The minimum atomic E-state index is -0.526. The summed E-state index contributed by atoms with van der Waals surface area (Å²) < 4.78 is 0. The van der Waals surface area contributed by atoms with Gasteiger partial charge < -0.3 is 10.6 Å². The van der Waals surface area contributed by atoms with Crippen LogP contribution in [0.4, 0.5) is 17.1 Å². The van der Waals surface area contributed by atoms with E-state index in [0.29, 0.717) is 17.8 Å². The number of nitrogens with zero attached hydrogens (tertiary/aromatic N) is 2. The first-order valence-corrected chi connectivity index (χ1v) is 7.40. The van der Waals surface area contributed by atoms with Crippen LogP contribution in [0.15, 0.2) is 42.5 Å². The molecule has 9 heteroatoms. The fraction of sp³-hybridized carbons (Fsp3) is 0.188. The maximum absolute atomic E-state index is 12.0.